The first-order valence-corrected chi connectivity index (χ1v) is 5.74. The summed E-state index contributed by atoms with van der Waals surface area (Å²) in [6, 6.07) is 2.23. The van der Waals surface area contributed by atoms with Crippen LogP contribution in [0.3, 0.4) is 0 Å². The predicted octanol–water partition coefficient (Wildman–Crippen LogP) is 3.67. The second kappa shape index (κ2) is 3.01. The summed E-state index contributed by atoms with van der Waals surface area (Å²) in [4.78, 5) is 0. The second-order valence-corrected chi connectivity index (χ2v) is 5.70. The van der Waals surface area contributed by atoms with Crippen LogP contribution in [-0.2, 0) is 5.41 Å². The fourth-order valence-corrected chi connectivity index (χ4v) is 3.41. The number of fused-ring (bicyclic) bond motifs is 1. The molecule has 0 fully saturated rings. The highest BCUT2D eigenvalue weighted by atomic mass is 14.6. The summed E-state index contributed by atoms with van der Waals surface area (Å²) in [7, 11) is 0. The van der Waals surface area contributed by atoms with E-state index >= 15 is 0 Å². The molecule has 0 bridgehead atoms. The first kappa shape index (κ1) is 10.5. The molecule has 2 N–H and O–H groups in total. The van der Waals surface area contributed by atoms with Gasteiger partial charge in [0, 0.05) is 5.69 Å². The first-order chi connectivity index (χ1) is 6.84. The first-order valence-electron chi connectivity index (χ1n) is 5.74. The van der Waals surface area contributed by atoms with Gasteiger partial charge in [-0.15, -0.1) is 0 Å². The molecule has 1 atom stereocenters. The highest BCUT2D eigenvalue weighted by molar-refractivity contribution is 5.64. The molecule has 0 aromatic heterocycles. The van der Waals surface area contributed by atoms with Gasteiger partial charge in [-0.05, 0) is 53.9 Å². The third-order valence-electron chi connectivity index (χ3n) is 3.80. The molecular weight excluding hydrogens is 182 g/mol. The molecule has 15 heavy (non-hydrogen) atoms. The van der Waals surface area contributed by atoms with Gasteiger partial charge in [0.05, 0.1) is 0 Å². The van der Waals surface area contributed by atoms with Gasteiger partial charge < -0.3 is 5.73 Å². The molecule has 1 aliphatic carbocycles. The zero-order valence-electron chi connectivity index (χ0n) is 10.4. The Bertz CT molecular complexity index is 416. The molecule has 0 heterocycles. The highest BCUT2D eigenvalue weighted by Gasteiger charge is 2.37. The highest BCUT2D eigenvalue weighted by Crippen LogP contribution is 2.49. The van der Waals surface area contributed by atoms with Crippen molar-refractivity contribution in [2.24, 2.45) is 0 Å². The normalized spacial score (nSPS) is 22.9. The van der Waals surface area contributed by atoms with E-state index in [1.54, 1.807) is 0 Å². The van der Waals surface area contributed by atoms with Crippen molar-refractivity contribution in [3.63, 3.8) is 0 Å². The predicted molar refractivity (Wildman–Crippen MR) is 66.4 cm³/mol. The van der Waals surface area contributed by atoms with E-state index in [1.807, 2.05) is 0 Å². The summed E-state index contributed by atoms with van der Waals surface area (Å²) in [6.07, 6.45) is 1.22. The van der Waals surface area contributed by atoms with E-state index in [9.17, 15) is 0 Å². The van der Waals surface area contributed by atoms with Gasteiger partial charge in [-0.2, -0.15) is 0 Å². The van der Waals surface area contributed by atoms with E-state index in [1.165, 1.54) is 28.7 Å². The number of aryl methyl sites for hydroxylation is 2. The topological polar surface area (TPSA) is 26.0 Å². The second-order valence-electron chi connectivity index (χ2n) is 5.70. The van der Waals surface area contributed by atoms with Gasteiger partial charge in [-0.1, -0.05) is 26.8 Å². The molecule has 1 aromatic rings. The Balaban J connectivity index is 2.78. The Kier molecular flexibility index (Phi) is 2.11. The molecule has 0 amide bonds. The molecule has 0 aliphatic heterocycles. The molecule has 82 valence electrons. The largest absolute Gasteiger partial charge is 0.398 e. The van der Waals surface area contributed by atoms with Crippen LogP contribution < -0.4 is 5.73 Å². The Morgan fingerprint density at radius 1 is 1.27 bits per heavy atom. The molecule has 0 spiro atoms. The van der Waals surface area contributed by atoms with Gasteiger partial charge in [0.25, 0.3) is 0 Å². The SMILES string of the molecule is Cc1cc(C)c2c(c1N)C(C)CC2(C)C. The molecule has 2 rings (SSSR count). The molecule has 0 radical (unpaired) electrons. The Labute approximate surface area is 92.7 Å². The van der Waals surface area contributed by atoms with E-state index in [0.717, 1.165) is 5.69 Å². The van der Waals surface area contributed by atoms with Crippen molar-refractivity contribution in [2.75, 3.05) is 5.73 Å². The van der Waals surface area contributed by atoms with Crippen LogP contribution in [0.1, 0.15) is 55.4 Å². The van der Waals surface area contributed by atoms with E-state index in [4.69, 9.17) is 5.73 Å². The zero-order chi connectivity index (χ0) is 11.4. The van der Waals surface area contributed by atoms with Crippen LogP contribution in [0.2, 0.25) is 0 Å². The number of nitrogen functional groups attached to an aromatic ring is 1. The maximum absolute atomic E-state index is 6.21. The standard InChI is InChI=1S/C14H21N/c1-8-6-9(2)13(15)11-10(3)7-14(4,5)12(8)11/h6,10H,7,15H2,1-5H3. The van der Waals surface area contributed by atoms with Gasteiger partial charge in [-0.25, -0.2) is 0 Å². The lowest BCUT2D eigenvalue weighted by Gasteiger charge is -2.22. The fourth-order valence-electron chi connectivity index (χ4n) is 3.41. The van der Waals surface area contributed by atoms with E-state index < -0.39 is 0 Å². The van der Waals surface area contributed by atoms with Crippen LogP contribution in [0.15, 0.2) is 6.07 Å². The number of anilines is 1. The van der Waals surface area contributed by atoms with Crippen LogP contribution in [0, 0.1) is 13.8 Å². The number of benzene rings is 1. The van der Waals surface area contributed by atoms with Crippen molar-refractivity contribution in [1.82, 2.24) is 0 Å². The number of nitrogens with two attached hydrogens (primary N) is 1. The van der Waals surface area contributed by atoms with E-state index in [2.05, 4.69) is 40.7 Å². The van der Waals surface area contributed by atoms with Crippen molar-refractivity contribution in [3.05, 3.63) is 28.3 Å². The van der Waals surface area contributed by atoms with Gasteiger partial charge in [0.15, 0.2) is 0 Å². The lowest BCUT2D eigenvalue weighted by Crippen LogP contribution is -2.14. The Morgan fingerprint density at radius 3 is 2.47 bits per heavy atom. The molecule has 1 nitrogen and oxygen atoms in total. The van der Waals surface area contributed by atoms with Crippen molar-refractivity contribution in [1.29, 1.82) is 0 Å². The van der Waals surface area contributed by atoms with Crippen LogP contribution in [0.4, 0.5) is 5.69 Å². The zero-order valence-corrected chi connectivity index (χ0v) is 10.4. The van der Waals surface area contributed by atoms with Gasteiger partial charge >= 0.3 is 0 Å². The maximum Gasteiger partial charge on any atom is 0.0382 e. The minimum Gasteiger partial charge on any atom is -0.398 e. The summed E-state index contributed by atoms with van der Waals surface area (Å²) >= 11 is 0. The van der Waals surface area contributed by atoms with E-state index in [0.29, 0.717) is 11.3 Å². The summed E-state index contributed by atoms with van der Waals surface area (Å²) < 4.78 is 0. The Morgan fingerprint density at radius 2 is 1.87 bits per heavy atom. The smallest absolute Gasteiger partial charge is 0.0382 e. The molecule has 1 heteroatoms. The molecule has 1 aromatic carbocycles. The molecule has 0 saturated carbocycles. The number of hydrogen-bond acceptors (Lipinski definition) is 1. The molecule has 0 saturated heterocycles. The van der Waals surface area contributed by atoms with Gasteiger partial charge in [0.1, 0.15) is 0 Å². The van der Waals surface area contributed by atoms with Crippen LogP contribution >= 0.6 is 0 Å². The summed E-state index contributed by atoms with van der Waals surface area (Å²) in [5.74, 6) is 0.605. The van der Waals surface area contributed by atoms with Crippen molar-refractivity contribution < 1.29 is 0 Å². The maximum atomic E-state index is 6.21. The minimum atomic E-state index is 0.292. The number of hydrogen-bond donors (Lipinski definition) is 1. The Hall–Kier alpha value is -0.980. The third-order valence-corrected chi connectivity index (χ3v) is 3.80. The summed E-state index contributed by atoms with van der Waals surface area (Å²) in [5, 5.41) is 0. The lowest BCUT2D eigenvalue weighted by molar-refractivity contribution is 0.488. The van der Waals surface area contributed by atoms with Crippen molar-refractivity contribution in [2.45, 2.75) is 52.4 Å². The molecular formula is C14H21N. The van der Waals surface area contributed by atoms with Crippen molar-refractivity contribution in [3.8, 4) is 0 Å². The van der Waals surface area contributed by atoms with Crippen molar-refractivity contribution >= 4 is 5.69 Å². The summed E-state index contributed by atoms with van der Waals surface area (Å²) in [5.41, 5.74) is 13.1. The van der Waals surface area contributed by atoms with Crippen LogP contribution in [0.25, 0.3) is 0 Å². The van der Waals surface area contributed by atoms with E-state index in [-0.39, 0.29) is 0 Å². The quantitative estimate of drug-likeness (QED) is 0.640. The average molecular weight is 203 g/mol. The molecule has 1 unspecified atom stereocenters. The molecule has 1 aliphatic rings. The monoisotopic (exact) mass is 203 g/mol. The number of rotatable bonds is 0. The third kappa shape index (κ3) is 1.37. The lowest BCUT2D eigenvalue weighted by atomic mass is 9.83. The average Bonchev–Trinajstić information content (AvgIpc) is 2.32. The summed E-state index contributed by atoms with van der Waals surface area (Å²) in [6.45, 7) is 11.3. The van der Waals surface area contributed by atoms with Crippen LogP contribution in [0.5, 0.6) is 0 Å². The minimum absolute atomic E-state index is 0.292. The van der Waals surface area contributed by atoms with Gasteiger partial charge in [-0.3, -0.25) is 0 Å². The fraction of sp³-hybridized carbons (Fsp3) is 0.571. The van der Waals surface area contributed by atoms with Crippen LogP contribution in [-0.4, -0.2) is 0 Å². The van der Waals surface area contributed by atoms with Gasteiger partial charge in [0.2, 0.25) is 0 Å².